The Labute approximate surface area is 106 Å². The van der Waals surface area contributed by atoms with Crippen molar-refractivity contribution >= 4 is 17.3 Å². The van der Waals surface area contributed by atoms with Crippen molar-refractivity contribution in [3.63, 3.8) is 0 Å². The highest BCUT2D eigenvalue weighted by Gasteiger charge is 2.73. The first-order chi connectivity index (χ1) is 8.24. The van der Waals surface area contributed by atoms with Gasteiger partial charge in [-0.1, -0.05) is 6.92 Å². The van der Waals surface area contributed by atoms with Crippen LogP contribution in [0.4, 0.5) is 0 Å². The molecule has 6 atom stereocenters. The fourth-order valence-electron chi connectivity index (χ4n) is 4.67. The monoisotopic (exact) mass is 250 g/mol. The second kappa shape index (κ2) is 3.10. The number of fused-ring (bicyclic) bond motifs is 1. The Morgan fingerprint density at radius 3 is 2.44 bits per heavy atom. The third kappa shape index (κ3) is 1.00. The number of aliphatic hydroxyl groups is 1. The minimum atomic E-state index is -1.53. The van der Waals surface area contributed by atoms with Crippen LogP contribution in [0.2, 0.25) is 0 Å². The van der Waals surface area contributed by atoms with Crippen LogP contribution in [-0.2, 0) is 14.4 Å². The maximum atomic E-state index is 12.5. The minimum absolute atomic E-state index is 0.0768. The largest absolute Gasteiger partial charge is 0.382 e. The first-order valence-corrected chi connectivity index (χ1v) is 6.58. The van der Waals surface area contributed by atoms with E-state index < -0.39 is 22.9 Å². The van der Waals surface area contributed by atoms with E-state index in [-0.39, 0.29) is 29.2 Å². The number of carbonyl (C=O) groups is 3. The molecule has 0 saturated heterocycles. The summed E-state index contributed by atoms with van der Waals surface area (Å²) in [7, 11) is 0. The Kier molecular flexibility index (Phi) is 2.07. The fraction of sp³-hybridized carbons (Fsp3) is 0.786. The molecule has 0 aromatic heterocycles. The van der Waals surface area contributed by atoms with Crippen LogP contribution in [0.3, 0.4) is 0 Å². The van der Waals surface area contributed by atoms with Crippen LogP contribution >= 0.6 is 0 Å². The standard InChI is InChI=1S/C14H18O4/c1-6-7-4-5-8(15)9-10(7)14(3,18)12(17)13(6,2)11(9)16/h6-7,9-10,18H,4-5H2,1-3H3/t6-,7+,9+,10-,13+,14-/m0/s1. The molecule has 0 spiro atoms. The lowest BCUT2D eigenvalue weighted by atomic mass is 9.40. The molecule has 0 aromatic carbocycles. The van der Waals surface area contributed by atoms with E-state index in [0.717, 1.165) is 0 Å². The molecular weight excluding hydrogens is 232 g/mol. The van der Waals surface area contributed by atoms with E-state index in [0.29, 0.717) is 12.8 Å². The molecule has 1 N–H and O–H groups in total. The summed E-state index contributed by atoms with van der Waals surface area (Å²) < 4.78 is 0. The Hall–Kier alpha value is -1.03. The SMILES string of the molecule is C[C@H]1[C@H]2CCC(=O)[C@H]3C(=O)[C@]1(C)C(=O)[C@@](C)(O)[C@H]32. The van der Waals surface area contributed by atoms with Crippen molar-refractivity contribution in [2.24, 2.45) is 29.1 Å². The number of Topliss-reactive ketones (excluding diaryl/α,β-unsaturated/α-hetero) is 3. The number of carbonyl (C=O) groups excluding carboxylic acids is 3. The third-order valence-electron chi connectivity index (χ3n) is 5.82. The molecule has 4 heteroatoms. The van der Waals surface area contributed by atoms with Crippen LogP contribution in [0, 0.1) is 29.1 Å². The molecule has 0 aliphatic heterocycles. The van der Waals surface area contributed by atoms with Crippen LogP contribution < -0.4 is 0 Å². The van der Waals surface area contributed by atoms with Crippen molar-refractivity contribution in [2.75, 3.05) is 0 Å². The molecule has 98 valence electrons. The molecule has 4 rings (SSSR count). The van der Waals surface area contributed by atoms with Gasteiger partial charge in [-0.2, -0.15) is 0 Å². The first-order valence-electron chi connectivity index (χ1n) is 6.58. The molecule has 0 radical (unpaired) electrons. The molecule has 0 aromatic rings. The van der Waals surface area contributed by atoms with Gasteiger partial charge in [-0.15, -0.1) is 0 Å². The van der Waals surface area contributed by atoms with Crippen molar-refractivity contribution in [2.45, 2.75) is 39.2 Å². The molecule has 18 heavy (non-hydrogen) atoms. The van der Waals surface area contributed by atoms with Gasteiger partial charge in [0.05, 0.1) is 11.3 Å². The smallest absolute Gasteiger partial charge is 0.177 e. The average molecular weight is 250 g/mol. The summed E-state index contributed by atoms with van der Waals surface area (Å²) in [6, 6.07) is 0. The zero-order valence-corrected chi connectivity index (χ0v) is 10.9. The summed E-state index contributed by atoms with van der Waals surface area (Å²) in [6.07, 6.45) is 1.09. The van der Waals surface area contributed by atoms with Gasteiger partial charge in [-0.25, -0.2) is 0 Å². The Morgan fingerprint density at radius 2 is 1.83 bits per heavy atom. The van der Waals surface area contributed by atoms with E-state index in [2.05, 4.69) is 0 Å². The summed E-state index contributed by atoms with van der Waals surface area (Å²) in [6.45, 7) is 5.01. The second-order valence-corrected chi connectivity index (χ2v) is 6.50. The van der Waals surface area contributed by atoms with Gasteiger partial charge in [0.2, 0.25) is 0 Å². The van der Waals surface area contributed by atoms with E-state index in [9.17, 15) is 19.5 Å². The second-order valence-electron chi connectivity index (χ2n) is 6.50. The molecule has 4 nitrogen and oxygen atoms in total. The predicted molar refractivity (Wildman–Crippen MR) is 62.6 cm³/mol. The van der Waals surface area contributed by atoms with Crippen molar-refractivity contribution in [1.82, 2.24) is 0 Å². The van der Waals surface area contributed by atoms with Gasteiger partial charge in [0.25, 0.3) is 0 Å². The van der Waals surface area contributed by atoms with Crippen LogP contribution in [0.1, 0.15) is 33.6 Å². The summed E-state index contributed by atoms with van der Waals surface area (Å²) in [5.74, 6) is -1.97. The highest BCUT2D eigenvalue weighted by atomic mass is 16.3. The molecule has 4 fully saturated rings. The highest BCUT2D eigenvalue weighted by Crippen LogP contribution is 2.61. The molecule has 4 aliphatic rings. The van der Waals surface area contributed by atoms with Gasteiger partial charge in [-0.3, -0.25) is 14.4 Å². The third-order valence-corrected chi connectivity index (χ3v) is 5.82. The lowest BCUT2D eigenvalue weighted by molar-refractivity contribution is -0.205. The van der Waals surface area contributed by atoms with E-state index in [1.54, 1.807) is 6.92 Å². The molecule has 0 amide bonds. The van der Waals surface area contributed by atoms with Gasteiger partial charge < -0.3 is 5.11 Å². The quantitative estimate of drug-likeness (QED) is 0.644. The minimum Gasteiger partial charge on any atom is -0.382 e. The molecule has 0 heterocycles. The van der Waals surface area contributed by atoms with Crippen LogP contribution in [0.25, 0.3) is 0 Å². The topological polar surface area (TPSA) is 71.4 Å². The van der Waals surface area contributed by atoms with Crippen molar-refractivity contribution in [3.8, 4) is 0 Å². The molecule has 4 aliphatic carbocycles. The van der Waals surface area contributed by atoms with Crippen LogP contribution in [-0.4, -0.2) is 28.1 Å². The number of hydrogen-bond acceptors (Lipinski definition) is 4. The average Bonchev–Trinajstić information content (AvgIpc) is 2.31. The summed E-state index contributed by atoms with van der Waals surface area (Å²) in [5, 5.41) is 10.5. The van der Waals surface area contributed by atoms with Crippen LogP contribution in [0.5, 0.6) is 0 Å². The predicted octanol–water partition coefficient (Wildman–Crippen LogP) is 0.757. The molecule has 4 saturated carbocycles. The van der Waals surface area contributed by atoms with Gasteiger partial charge in [0.1, 0.15) is 11.4 Å². The van der Waals surface area contributed by atoms with E-state index in [1.165, 1.54) is 6.92 Å². The van der Waals surface area contributed by atoms with Crippen LogP contribution in [0.15, 0.2) is 0 Å². The summed E-state index contributed by atoms with van der Waals surface area (Å²) in [5.41, 5.74) is -2.70. The van der Waals surface area contributed by atoms with Gasteiger partial charge in [0, 0.05) is 12.3 Å². The van der Waals surface area contributed by atoms with E-state index >= 15 is 0 Å². The Bertz CT molecular complexity index is 478. The van der Waals surface area contributed by atoms with Gasteiger partial charge in [-0.05, 0) is 32.1 Å². The molecule has 4 bridgehead atoms. The maximum Gasteiger partial charge on any atom is 0.177 e. The summed E-state index contributed by atoms with van der Waals surface area (Å²) in [4.78, 5) is 36.9. The van der Waals surface area contributed by atoms with Gasteiger partial charge >= 0.3 is 0 Å². The first kappa shape index (κ1) is 12.0. The number of ketones is 3. The fourth-order valence-corrected chi connectivity index (χ4v) is 4.67. The Balaban J connectivity index is 2.25. The van der Waals surface area contributed by atoms with Gasteiger partial charge in [0.15, 0.2) is 11.6 Å². The normalized spacial score (nSPS) is 55.0. The van der Waals surface area contributed by atoms with Crippen molar-refractivity contribution < 1.29 is 19.5 Å². The molecular formula is C14H18O4. The Morgan fingerprint density at radius 1 is 1.22 bits per heavy atom. The maximum absolute atomic E-state index is 12.5. The molecule has 0 unspecified atom stereocenters. The number of rotatable bonds is 0. The van der Waals surface area contributed by atoms with Crippen molar-refractivity contribution in [3.05, 3.63) is 0 Å². The van der Waals surface area contributed by atoms with E-state index in [4.69, 9.17) is 0 Å². The zero-order chi connectivity index (χ0) is 13.5. The highest BCUT2D eigenvalue weighted by molar-refractivity contribution is 6.21. The zero-order valence-electron chi connectivity index (χ0n) is 10.9. The number of hydrogen-bond donors (Lipinski definition) is 1. The van der Waals surface area contributed by atoms with Crippen molar-refractivity contribution in [1.29, 1.82) is 0 Å². The van der Waals surface area contributed by atoms with E-state index in [1.807, 2.05) is 6.92 Å². The lowest BCUT2D eigenvalue weighted by Gasteiger charge is -2.61. The lowest BCUT2D eigenvalue weighted by Crippen LogP contribution is -2.74. The summed E-state index contributed by atoms with van der Waals surface area (Å²) >= 11 is 0.